The molecule has 0 saturated heterocycles. The Bertz CT molecular complexity index is 855. The second-order valence-corrected chi connectivity index (χ2v) is 5.81. The average Bonchev–Trinajstić information content (AvgIpc) is 3.06. The van der Waals surface area contributed by atoms with Crippen LogP contribution in [0.15, 0.2) is 42.9 Å². The molecule has 0 aliphatic heterocycles. The monoisotopic (exact) mass is 338 g/mol. The second-order valence-electron chi connectivity index (χ2n) is 5.81. The van der Waals surface area contributed by atoms with E-state index in [9.17, 15) is 4.79 Å². The van der Waals surface area contributed by atoms with E-state index < -0.39 is 0 Å². The summed E-state index contributed by atoms with van der Waals surface area (Å²) >= 11 is 0. The van der Waals surface area contributed by atoms with Crippen LogP contribution in [0.3, 0.4) is 0 Å². The Morgan fingerprint density at radius 2 is 2.08 bits per heavy atom. The Morgan fingerprint density at radius 1 is 1.28 bits per heavy atom. The fourth-order valence-electron chi connectivity index (χ4n) is 2.56. The second kappa shape index (κ2) is 7.90. The molecule has 130 valence electrons. The molecule has 6 nitrogen and oxygen atoms in total. The van der Waals surface area contributed by atoms with Crippen molar-refractivity contribution >= 4 is 11.6 Å². The van der Waals surface area contributed by atoms with Crippen LogP contribution in [0.4, 0.5) is 0 Å². The summed E-state index contributed by atoms with van der Waals surface area (Å²) in [6.45, 7) is 5.89. The number of aromatic nitrogens is 3. The van der Waals surface area contributed by atoms with Gasteiger partial charge in [-0.15, -0.1) is 0 Å². The van der Waals surface area contributed by atoms with Gasteiger partial charge in [-0.25, -0.2) is 4.98 Å². The number of rotatable bonds is 7. The number of nitrogens with one attached hydrogen (secondary N) is 1. The average molecular weight is 338 g/mol. The van der Waals surface area contributed by atoms with Gasteiger partial charge in [-0.05, 0) is 20.3 Å². The van der Waals surface area contributed by atoms with Gasteiger partial charge in [-0.2, -0.15) is 0 Å². The van der Waals surface area contributed by atoms with Crippen LogP contribution < -0.4 is 5.32 Å². The van der Waals surface area contributed by atoms with Gasteiger partial charge in [-0.1, -0.05) is 29.8 Å². The zero-order valence-electron chi connectivity index (χ0n) is 14.5. The van der Waals surface area contributed by atoms with Crippen molar-refractivity contribution in [3.8, 4) is 11.3 Å². The quantitative estimate of drug-likeness (QED) is 0.673. The minimum atomic E-state index is -0.185. The van der Waals surface area contributed by atoms with Crippen molar-refractivity contribution in [1.82, 2.24) is 19.7 Å². The number of benzene rings is 1. The molecule has 0 bridgehead atoms. The molecule has 1 amide bonds. The number of carbonyl (C=O) groups excluding carboxylic acids is 1. The third kappa shape index (κ3) is 4.03. The Kier molecular flexibility index (Phi) is 5.40. The Balaban J connectivity index is 1.79. The molecule has 2 aromatic heterocycles. The predicted octanol–water partition coefficient (Wildman–Crippen LogP) is 2.86. The number of ether oxygens (including phenoxy) is 1. The molecule has 0 atom stereocenters. The summed E-state index contributed by atoms with van der Waals surface area (Å²) in [5.41, 5.74) is 3.98. The van der Waals surface area contributed by atoms with E-state index in [0.29, 0.717) is 31.1 Å². The lowest BCUT2D eigenvalue weighted by Crippen LogP contribution is -2.25. The first-order valence-electron chi connectivity index (χ1n) is 8.45. The molecule has 0 spiro atoms. The van der Waals surface area contributed by atoms with Crippen molar-refractivity contribution in [1.29, 1.82) is 0 Å². The van der Waals surface area contributed by atoms with Crippen molar-refractivity contribution in [3.63, 3.8) is 0 Å². The van der Waals surface area contributed by atoms with E-state index >= 15 is 0 Å². The number of hydrogen-bond acceptors (Lipinski definition) is 4. The van der Waals surface area contributed by atoms with Gasteiger partial charge < -0.3 is 14.5 Å². The maximum Gasteiger partial charge on any atom is 0.271 e. The number of fused-ring (bicyclic) bond motifs is 1. The third-order valence-corrected chi connectivity index (χ3v) is 3.89. The topological polar surface area (TPSA) is 68.5 Å². The standard InChI is InChI=1S/C19H22N4O2/c1-3-25-12-4-9-21-19(24)16-13-23-11-10-20-17(18(23)22-16)15-7-5-14(2)6-8-15/h5-8,10-11,13H,3-4,9,12H2,1-2H3,(H,21,24). The van der Waals surface area contributed by atoms with Gasteiger partial charge >= 0.3 is 0 Å². The number of aryl methyl sites for hydroxylation is 1. The van der Waals surface area contributed by atoms with Crippen LogP contribution in [0.25, 0.3) is 16.9 Å². The first-order chi connectivity index (χ1) is 12.2. The van der Waals surface area contributed by atoms with Gasteiger partial charge in [0.25, 0.3) is 5.91 Å². The Labute approximate surface area is 146 Å². The molecule has 0 aliphatic carbocycles. The van der Waals surface area contributed by atoms with E-state index in [-0.39, 0.29) is 5.91 Å². The van der Waals surface area contributed by atoms with Crippen LogP contribution in [-0.4, -0.2) is 40.0 Å². The molecule has 1 aromatic carbocycles. The van der Waals surface area contributed by atoms with Crippen LogP contribution in [0.5, 0.6) is 0 Å². The molecule has 0 aliphatic rings. The van der Waals surface area contributed by atoms with E-state index in [1.807, 2.05) is 42.5 Å². The zero-order valence-corrected chi connectivity index (χ0v) is 14.5. The van der Waals surface area contributed by atoms with Gasteiger partial charge in [0.15, 0.2) is 5.65 Å². The number of imidazole rings is 1. The van der Waals surface area contributed by atoms with Crippen LogP contribution >= 0.6 is 0 Å². The van der Waals surface area contributed by atoms with E-state index in [0.717, 1.165) is 17.7 Å². The molecule has 3 aromatic rings. The van der Waals surface area contributed by atoms with Gasteiger partial charge in [0, 0.05) is 43.9 Å². The van der Waals surface area contributed by atoms with Crippen LogP contribution in [0.2, 0.25) is 0 Å². The van der Waals surface area contributed by atoms with Gasteiger partial charge in [-0.3, -0.25) is 9.78 Å². The van der Waals surface area contributed by atoms with E-state index in [2.05, 4.69) is 15.3 Å². The van der Waals surface area contributed by atoms with Crippen LogP contribution in [0, 0.1) is 6.92 Å². The number of nitrogens with zero attached hydrogens (tertiary/aromatic N) is 3. The summed E-state index contributed by atoms with van der Waals surface area (Å²) in [5.74, 6) is -0.185. The predicted molar refractivity (Wildman–Crippen MR) is 96.6 cm³/mol. The lowest BCUT2D eigenvalue weighted by atomic mass is 10.1. The highest BCUT2D eigenvalue weighted by Crippen LogP contribution is 2.22. The smallest absolute Gasteiger partial charge is 0.271 e. The molecule has 0 unspecified atom stereocenters. The van der Waals surface area contributed by atoms with E-state index in [4.69, 9.17) is 4.74 Å². The Morgan fingerprint density at radius 3 is 2.84 bits per heavy atom. The summed E-state index contributed by atoms with van der Waals surface area (Å²) in [4.78, 5) is 21.2. The van der Waals surface area contributed by atoms with Crippen LogP contribution in [0.1, 0.15) is 29.4 Å². The SMILES string of the molecule is CCOCCCNC(=O)c1cn2ccnc(-c3ccc(C)cc3)c2n1. The summed E-state index contributed by atoms with van der Waals surface area (Å²) in [5, 5.41) is 2.87. The number of amides is 1. The van der Waals surface area contributed by atoms with Crippen molar-refractivity contribution in [2.24, 2.45) is 0 Å². The maximum atomic E-state index is 12.3. The van der Waals surface area contributed by atoms with Crippen molar-refractivity contribution in [2.45, 2.75) is 20.3 Å². The summed E-state index contributed by atoms with van der Waals surface area (Å²) in [7, 11) is 0. The van der Waals surface area contributed by atoms with Gasteiger partial charge in [0.05, 0.1) is 0 Å². The normalized spacial score (nSPS) is 11.0. The zero-order chi connectivity index (χ0) is 17.6. The van der Waals surface area contributed by atoms with Gasteiger partial charge in [0.2, 0.25) is 0 Å². The Hall–Kier alpha value is -2.73. The molecule has 1 N–H and O–H groups in total. The molecular weight excluding hydrogens is 316 g/mol. The highest BCUT2D eigenvalue weighted by molar-refractivity contribution is 5.93. The molecule has 6 heteroatoms. The van der Waals surface area contributed by atoms with Crippen molar-refractivity contribution < 1.29 is 9.53 Å². The molecular formula is C19H22N4O2. The fourth-order valence-corrected chi connectivity index (χ4v) is 2.56. The van der Waals surface area contributed by atoms with E-state index in [1.165, 1.54) is 5.56 Å². The maximum absolute atomic E-state index is 12.3. The summed E-state index contributed by atoms with van der Waals surface area (Å²) < 4.78 is 7.09. The van der Waals surface area contributed by atoms with E-state index in [1.54, 1.807) is 18.6 Å². The number of carbonyl (C=O) groups is 1. The summed E-state index contributed by atoms with van der Waals surface area (Å²) in [6, 6.07) is 8.10. The highest BCUT2D eigenvalue weighted by atomic mass is 16.5. The first-order valence-corrected chi connectivity index (χ1v) is 8.45. The number of hydrogen-bond donors (Lipinski definition) is 1. The van der Waals surface area contributed by atoms with Crippen LogP contribution in [-0.2, 0) is 4.74 Å². The van der Waals surface area contributed by atoms with Gasteiger partial charge in [0.1, 0.15) is 11.4 Å². The minimum Gasteiger partial charge on any atom is -0.382 e. The lowest BCUT2D eigenvalue weighted by molar-refractivity contribution is 0.0940. The molecule has 2 heterocycles. The molecule has 0 radical (unpaired) electrons. The molecule has 3 rings (SSSR count). The molecule has 25 heavy (non-hydrogen) atoms. The third-order valence-electron chi connectivity index (χ3n) is 3.89. The highest BCUT2D eigenvalue weighted by Gasteiger charge is 2.14. The fraction of sp³-hybridized carbons (Fsp3) is 0.316. The lowest BCUT2D eigenvalue weighted by Gasteiger charge is -2.03. The minimum absolute atomic E-state index is 0.185. The molecule has 0 saturated carbocycles. The van der Waals surface area contributed by atoms with Crippen molar-refractivity contribution in [2.75, 3.05) is 19.8 Å². The summed E-state index contributed by atoms with van der Waals surface area (Å²) in [6.07, 6.45) is 6.02. The molecule has 0 fully saturated rings. The largest absolute Gasteiger partial charge is 0.382 e. The van der Waals surface area contributed by atoms with Crippen molar-refractivity contribution in [3.05, 3.63) is 54.1 Å². The first kappa shape index (κ1) is 17.1.